The molecule has 28 heavy (non-hydrogen) atoms. The highest BCUT2D eigenvalue weighted by Crippen LogP contribution is 2.25. The van der Waals surface area contributed by atoms with E-state index in [4.69, 9.17) is 4.74 Å². The van der Waals surface area contributed by atoms with Gasteiger partial charge in [-0.3, -0.25) is 14.5 Å². The molecule has 1 aromatic carbocycles. The normalized spacial score (nSPS) is 19.3. The van der Waals surface area contributed by atoms with Gasteiger partial charge in [-0.25, -0.2) is 0 Å². The smallest absolute Gasteiger partial charge is 0.247 e. The van der Waals surface area contributed by atoms with Crippen molar-refractivity contribution < 1.29 is 14.3 Å². The Balaban J connectivity index is 1.35. The van der Waals surface area contributed by atoms with Gasteiger partial charge in [0.1, 0.15) is 11.8 Å². The molecule has 148 valence electrons. The van der Waals surface area contributed by atoms with Crippen LogP contribution in [0.4, 0.5) is 5.69 Å². The minimum atomic E-state index is -0.392. The molecule has 2 amide bonds. The van der Waals surface area contributed by atoms with E-state index in [1.54, 1.807) is 23.3 Å². The van der Waals surface area contributed by atoms with Gasteiger partial charge in [0.15, 0.2) is 0 Å². The van der Waals surface area contributed by atoms with Crippen LogP contribution in [0.2, 0.25) is 0 Å². The number of carbonyl (C=O) groups is 2. The Morgan fingerprint density at radius 3 is 2.82 bits per heavy atom. The Hall–Kier alpha value is -2.38. The lowest BCUT2D eigenvalue weighted by Crippen LogP contribution is -2.47. The highest BCUT2D eigenvalue weighted by molar-refractivity contribution is 7.10. The number of amides is 2. The molecule has 2 aliphatic rings. The van der Waals surface area contributed by atoms with Gasteiger partial charge in [-0.1, -0.05) is 0 Å². The van der Waals surface area contributed by atoms with Crippen LogP contribution in [-0.4, -0.2) is 54.4 Å². The topological polar surface area (TPSA) is 61.9 Å². The van der Waals surface area contributed by atoms with Crippen LogP contribution in [0, 0.1) is 0 Å². The molecule has 6 nitrogen and oxygen atoms in total. The molecule has 0 saturated carbocycles. The zero-order valence-electron chi connectivity index (χ0n) is 16.0. The Labute approximate surface area is 169 Å². The third kappa shape index (κ3) is 4.05. The number of carbonyl (C=O) groups excluding carboxylic acids is 2. The molecule has 1 saturated heterocycles. The van der Waals surface area contributed by atoms with Gasteiger partial charge in [-0.2, -0.15) is 0 Å². The average molecular weight is 400 g/mol. The molecule has 0 unspecified atom stereocenters. The van der Waals surface area contributed by atoms with Gasteiger partial charge in [0.2, 0.25) is 11.8 Å². The molecule has 1 fully saturated rings. The predicted molar refractivity (Wildman–Crippen MR) is 110 cm³/mol. The number of likely N-dealkylation sites (tertiary alicyclic amines) is 1. The third-order valence-corrected chi connectivity index (χ3v) is 6.50. The molecule has 3 heterocycles. The molecule has 0 spiro atoms. The van der Waals surface area contributed by atoms with Crippen molar-refractivity contribution >= 4 is 28.8 Å². The van der Waals surface area contributed by atoms with E-state index in [1.165, 1.54) is 10.4 Å². The van der Waals surface area contributed by atoms with Crippen LogP contribution in [0.3, 0.4) is 0 Å². The van der Waals surface area contributed by atoms with Gasteiger partial charge in [-0.05, 0) is 60.5 Å². The van der Waals surface area contributed by atoms with Gasteiger partial charge < -0.3 is 15.0 Å². The number of benzene rings is 1. The maximum Gasteiger partial charge on any atom is 0.247 e. The number of nitrogens with one attached hydrogen (secondary N) is 1. The number of methoxy groups -OCH3 is 1. The molecule has 0 radical (unpaired) electrons. The van der Waals surface area contributed by atoms with Crippen LogP contribution in [0.1, 0.15) is 23.3 Å². The van der Waals surface area contributed by atoms with Gasteiger partial charge in [0.25, 0.3) is 0 Å². The fourth-order valence-corrected chi connectivity index (χ4v) is 4.85. The lowest BCUT2D eigenvalue weighted by atomic mass is 10.1. The molecule has 4 rings (SSSR count). The lowest BCUT2D eigenvalue weighted by Gasteiger charge is -2.30. The summed E-state index contributed by atoms with van der Waals surface area (Å²) in [7, 11) is 1.61. The van der Waals surface area contributed by atoms with Gasteiger partial charge in [-0.15, -0.1) is 11.3 Å². The second kappa shape index (κ2) is 8.32. The molecule has 2 aromatic rings. The van der Waals surface area contributed by atoms with E-state index in [0.29, 0.717) is 25.2 Å². The summed E-state index contributed by atoms with van der Waals surface area (Å²) in [4.78, 5) is 31.0. The Kier molecular flexibility index (Phi) is 5.64. The summed E-state index contributed by atoms with van der Waals surface area (Å²) >= 11 is 1.80. The van der Waals surface area contributed by atoms with Crippen LogP contribution >= 0.6 is 11.3 Å². The molecule has 1 atom stereocenters. The average Bonchev–Trinajstić information content (AvgIpc) is 3.37. The van der Waals surface area contributed by atoms with E-state index in [2.05, 4.69) is 21.7 Å². The maximum atomic E-state index is 12.9. The van der Waals surface area contributed by atoms with E-state index in [0.717, 1.165) is 31.7 Å². The number of hydrogen-bond acceptors (Lipinski definition) is 5. The van der Waals surface area contributed by atoms with Crippen LogP contribution in [0.15, 0.2) is 35.7 Å². The SMILES string of the molecule is COc1ccc(NC(=O)[C@H]2CCCN2C(=O)CN2CCc3sccc3C2)cc1. The van der Waals surface area contributed by atoms with Crippen molar-refractivity contribution in [3.63, 3.8) is 0 Å². The molecule has 0 bridgehead atoms. The summed E-state index contributed by atoms with van der Waals surface area (Å²) in [6.45, 7) is 2.75. The van der Waals surface area contributed by atoms with Gasteiger partial charge >= 0.3 is 0 Å². The standard InChI is InChI=1S/C21H25N3O3S/c1-27-17-6-4-16(5-7-17)22-21(26)18-3-2-10-24(18)20(25)14-23-11-8-19-15(13-23)9-12-28-19/h4-7,9,12,18H,2-3,8,10-11,13-14H2,1H3,(H,22,26)/t18-/m1/s1. The lowest BCUT2D eigenvalue weighted by molar-refractivity contribution is -0.137. The van der Waals surface area contributed by atoms with Gasteiger partial charge in [0, 0.05) is 30.2 Å². The minimum absolute atomic E-state index is 0.0473. The largest absolute Gasteiger partial charge is 0.497 e. The van der Waals surface area contributed by atoms with Crippen molar-refractivity contribution in [3.8, 4) is 5.75 Å². The second-order valence-electron chi connectivity index (χ2n) is 7.29. The zero-order chi connectivity index (χ0) is 19.5. The van der Waals surface area contributed by atoms with Crippen LogP contribution < -0.4 is 10.1 Å². The Morgan fingerprint density at radius 2 is 2.04 bits per heavy atom. The van der Waals surface area contributed by atoms with Crippen molar-refractivity contribution in [2.24, 2.45) is 0 Å². The van der Waals surface area contributed by atoms with E-state index in [1.807, 2.05) is 24.3 Å². The quantitative estimate of drug-likeness (QED) is 0.840. The number of nitrogens with zero attached hydrogens (tertiary/aromatic N) is 2. The fraction of sp³-hybridized carbons (Fsp3) is 0.429. The summed E-state index contributed by atoms with van der Waals surface area (Å²) < 4.78 is 5.14. The summed E-state index contributed by atoms with van der Waals surface area (Å²) in [5, 5.41) is 5.05. The first-order valence-electron chi connectivity index (χ1n) is 9.66. The zero-order valence-corrected chi connectivity index (χ0v) is 16.8. The molecule has 2 aliphatic heterocycles. The van der Waals surface area contributed by atoms with Crippen molar-refractivity contribution in [2.75, 3.05) is 32.1 Å². The van der Waals surface area contributed by atoms with Crippen LogP contribution in [-0.2, 0) is 22.6 Å². The van der Waals surface area contributed by atoms with Crippen molar-refractivity contribution in [1.82, 2.24) is 9.80 Å². The summed E-state index contributed by atoms with van der Waals surface area (Å²) in [5.74, 6) is 0.673. The Bertz CT molecular complexity index is 849. The molecular weight excluding hydrogens is 374 g/mol. The summed E-state index contributed by atoms with van der Waals surface area (Å²) in [5.41, 5.74) is 2.05. The number of fused-ring (bicyclic) bond motifs is 1. The minimum Gasteiger partial charge on any atom is -0.497 e. The molecular formula is C21H25N3O3S. The maximum absolute atomic E-state index is 12.9. The first-order valence-corrected chi connectivity index (χ1v) is 10.5. The molecule has 1 N–H and O–H groups in total. The van der Waals surface area contributed by atoms with E-state index < -0.39 is 6.04 Å². The number of hydrogen-bond donors (Lipinski definition) is 1. The predicted octanol–water partition coefficient (Wildman–Crippen LogP) is 2.74. The second-order valence-corrected chi connectivity index (χ2v) is 8.29. The van der Waals surface area contributed by atoms with E-state index in [9.17, 15) is 9.59 Å². The highest BCUT2D eigenvalue weighted by atomic mass is 32.1. The number of ether oxygens (including phenoxy) is 1. The van der Waals surface area contributed by atoms with Crippen molar-refractivity contribution in [2.45, 2.75) is 31.8 Å². The summed E-state index contributed by atoms with van der Waals surface area (Å²) in [6, 6.07) is 8.99. The number of rotatable bonds is 5. The summed E-state index contributed by atoms with van der Waals surface area (Å²) in [6.07, 6.45) is 2.57. The Morgan fingerprint density at radius 1 is 1.21 bits per heavy atom. The van der Waals surface area contributed by atoms with Crippen LogP contribution in [0.5, 0.6) is 5.75 Å². The molecule has 1 aromatic heterocycles. The molecule has 0 aliphatic carbocycles. The monoisotopic (exact) mass is 399 g/mol. The first-order chi connectivity index (χ1) is 13.6. The number of thiophene rings is 1. The van der Waals surface area contributed by atoms with Crippen molar-refractivity contribution in [3.05, 3.63) is 46.2 Å². The van der Waals surface area contributed by atoms with E-state index in [-0.39, 0.29) is 11.8 Å². The van der Waals surface area contributed by atoms with Crippen LogP contribution in [0.25, 0.3) is 0 Å². The fourth-order valence-electron chi connectivity index (χ4n) is 3.96. The van der Waals surface area contributed by atoms with E-state index >= 15 is 0 Å². The third-order valence-electron chi connectivity index (χ3n) is 5.48. The van der Waals surface area contributed by atoms with Gasteiger partial charge in [0.05, 0.1) is 13.7 Å². The highest BCUT2D eigenvalue weighted by Gasteiger charge is 2.35. The van der Waals surface area contributed by atoms with Crippen molar-refractivity contribution in [1.29, 1.82) is 0 Å². The number of anilines is 1. The first kappa shape index (κ1) is 19.0. The molecule has 7 heteroatoms.